The van der Waals surface area contributed by atoms with E-state index >= 15 is 0 Å². The largest absolute Gasteiger partial charge is 0.493 e. The maximum atomic E-state index is 13.9. The molecule has 1 amide bonds. The molecule has 0 radical (unpaired) electrons. The Balaban J connectivity index is 1.64. The highest BCUT2D eigenvalue weighted by molar-refractivity contribution is 6.32. The lowest BCUT2D eigenvalue weighted by atomic mass is 9.97. The predicted octanol–water partition coefficient (Wildman–Crippen LogP) is 8.13. The van der Waals surface area contributed by atoms with Crippen molar-refractivity contribution in [2.45, 2.75) is 45.6 Å². The molecule has 0 N–H and O–H groups in total. The first kappa shape index (κ1) is 27.1. The van der Waals surface area contributed by atoms with Crippen molar-refractivity contribution in [2.75, 3.05) is 18.6 Å². The minimum absolute atomic E-state index is 0.00765. The molecule has 0 saturated heterocycles. The number of hydrogen-bond acceptors (Lipinski definition) is 5. The van der Waals surface area contributed by atoms with Crippen LogP contribution in [-0.2, 0) is 0 Å². The summed E-state index contributed by atoms with van der Waals surface area (Å²) in [5.41, 5.74) is 2.30. The minimum Gasteiger partial charge on any atom is -0.493 e. The Bertz CT molecular complexity index is 1610. The topological polar surface area (TPSA) is 69.0 Å². The molecule has 8 heteroatoms. The average Bonchev–Trinajstić information content (AvgIpc) is 3.23. The van der Waals surface area contributed by atoms with Crippen LogP contribution in [-0.4, -0.2) is 19.6 Å². The molecule has 0 aliphatic carbocycles. The molecular weight excluding hydrogens is 537 g/mol. The van der Waals surface area contributed by atoms with Crippen molar-refractivity contribution in [3.63, 3.8) is 0 Å². The maximum absolute atomic E-state index is 13.9. The molecule has 5 rings (SSSR count). The molecule has 0 fully saturated rings. The van der Waals surface area contributed by atoms with E-state index < -0.39 is 11.9 Å². The number of benzene rings is 3. The predicted molar refractivity (Wildman–Crippen MR) is 155 cm³/mol. The van der Waals surface area contributed by atoms with Crippen molar-refractivity contribution >= 4 is 45.8 Å². The number of amides is 1. The van der Waals surface area contributed by atoms with Crippen LogP contribution in [0.15, 0.2) is 63.8 Å². The molecule has 4 aromatic rings. The van der Waals surface area contributed by atoms with Crippen molar-refractivity contribution in [3.8, 4) is 11.5 Å². The summed E-state index contributed by atoms with van der Waals surface area (Å²) in [5.74, 6) is 0.675. The Morgan fingerprint density at radius 2 is 1.77 bits per heavy atom. The van der Waals surface area contributed by atoms with Gasteiger partial charge in [-0.25, -0.2) is 0 Å². The van der Waals surface area contributed by atoms with Gasteiger partial charge in [-0.1, -0.05) is 61.5 Å². The summed E-state index contributed by atoms with van der Waals surface area (Å²) in [6.45, 7) is 4.63. The third-order valence-electron chi connectivity index (χ3n) is 7.02. The first-order valence-electron chi connectivity index (χ1n) is 13.0. The smallest absolute Gasteiger partial charge is 0.295 e. The number of hydrogen-bond donors (Lipinski definition) is 0. The number of anilines is 1. The summed E-state index contributed by atoms with van der Waals surface area (Å²) < 4.78 is 17.7. The molecule has 1 aliphatic rings. The van der Waals surface area contributed by atoms with Crippen molar-refractivity contribution in [3.05, 3.63) is 97.3 Å². The van der Waals surface area contributed by atoms with E-state index in [1.54, 1.807) is 42.3 Å². The highest BCUT2D eigenvalue weighted by Gasteiger charge is 2.44. The van der Waals surface area contributed by atoms with Crippen molar-refractivity contribution in [1.29, 1.82) is 0 Å². The summed E-state index contributed by atoms with van der Waals surface area (Å²) in [6, 6.07) is 14.8. The number of ether oxygens (including phenoxy) is 2. The molecule has 1 aliphatic heterocycles. The summed E-state index contributed by atoms with van der Waals surface area (Å²) in [7, 11) is 1.57. The number of fused-ring (bicyclic) bond motifs is 2. The van der Waals surface area contributed by atoms with E-state index in [9.17, 15) is 9.59 Å². The number of halogens is 2. The van der Waals surface area contributed by atoms with Crippen LogP contribution in [0.25, 0.3) is 11.0 Å². The fourth-order valence-electron chi connectivity index (χ4n) is 4.94. The number of unbranched alkanes of at least 4 members (excludes halogenated alkanes) is 3. The van der Waals surface area contributed by atoms with Gasteiger partial charge >= 0.3 is 0 Å². The fraction of sp³-hybridized carbons (Fsp3) is 0.290. The Morgan fingerprint density at radius 1 is 0.949 bits per heavy atom. The zero-order valence-corrected chi connectivity index (χ0v) is 23.6. The molecule has 6 nitrogen and oxygen atoms in total. The summed E-state index contributed by atoms with van der Waals surface area (Å²) in [4.78, 5) is 29.3. The second kappa shape index (κ2) is 11.3. The summed E-state index contributed by atoms with van der Waals surface area (Å²) in [5, 5.41) is 1.22. The molecular formula is C31H29Cl2NO5. The van der Waals surface area contributed by atoms with Gasteiger partial charge in [0.2, 0.25) is 5.76 Å². The normalized spacial score (nSPS) is 14.6. The van der Waals surface area contributed by atoms with Gasteiger partial charge in [-0.3, -0.25) is 14.5 Å². The molecule has 1 aromatic heterocycles. The van der Waals surface area contributed by atoms with Crippen LogP contribution in [0.5, 0.6) is 11.5 Å². The standard InChI is InChI=1S/C31H29Cl2NO5/c1-4-5-6-7-14-38-25-12-9-19(15-26(25)37-3)28-27-29(35)22-16-20(32)10-13-24(22)39-30(27)31(36)34(28)21-11-8-18(2)23(33)17-21/h8-13,15-17,28H,4-7,14H2,1-3H3. The number of nitrogens with zero attached hydrogens (tertiary/aromatic N) is 1. The van der Waals surface area contributed by atoms with Crippen molar-refractivity contribution in [1.82, 2.24) is 0 Å². The van der Waals surface area contributed by atoms with Gasteiger partial charge in [-0.2, -0.15) is 0 Å². The molecule has 202 valence electrons. The number of methoxy groups -OCH3 is 1. The third kappa shape index (κ3) is 5.11. The lowest BCUT2D eigenvalue weighted by molar-refractivity contribution is 0.0971. The van der Waals surface area contributed by atoms with Gasteiger partial charge < -0.3 is 13.9 Å². The van der Waals surface area contributed by atoms with Gasteiger partial charge in [-0.05, 0) is 66.9 Å². The van der Waals surface area contributed by atoms with E-state index in [0.29, 0.717) is 50.4 Å². The van der Waals surface area contributed by atoms with E-state index in [4.69, 9.17) is 37.1 Å². The van der Waals surface area contributed by atoms with E-state index in [1.807, 2.05) is 31.2 Å². The highest BCUT2D eigenvalue weighted by atomic mass is 35.5. The number of aryl methyl sites for hydroxylation is 1. The maximum Gasteiger partial charge on any atom is 0.295 e. The first-order chi connectivity index (χ1) is 18.8. The van der Waals surface area contributed by atoms with Gasteiger partial charge in [0.25, 0.3) is 5.91 Å². The number of carbonyl (C=O) groups excluding carboxylic acids is 1. The molecule has 2 heterocycles. The second-order valence-electron chi connectivity index (χ2n) is 9.65. The molecule has 1 unspecified atom stereocenters. The second-order valence-corrected chi connectivity index (χ2v) is 10.5. The Hall–Kier alpha value is -3.48. The molecule has 1 atom stereocenters. The van der Waals surface area contributed by atoms with Crippen LogP contribution in [0.4, 0.5) is 5.69 Å². The minimum atomic E-state index is -0.779. The van der Waals surface area contributed by atoms with Crippen LogP contribution in [0.2, 0.25) is 10.0 Å². The molecule has 3 aromatic carbocycles. The van der Waals surface area contributed by atoms with Crippen LogP contribution in [0.1, 0.15) is 65.9 Å². The van der Waals surface area contributed by atoms with Crippen LogP contribution in [0, 0.1) is 6.92 Å². The van der Waals surface area contributed by atoms with Crippen LogP contribution in [0.3, 0.4) is 0 Å². The first-order valence-corrected chi connectivity index (χ1v) is 13.8. The van der Waals surface area contributed by atoms with Crippen molar-refractivity contribution in [2.24, 2.45) is 0 Å². The van der Waals surface area contributed by atoms with E-state index in [2.05, 4.69) is 6.92 Å². The number of rotatable bonds is 9. The molecule has 0 spiro atoms. The lowest BCUT2D eigenvalue weighted by Crippen LogP contribution is -2.29. The zero-order valence-electron chi connectivity index (χ0n) is 22.1. The van der Waals surface area contributed by atoms with E-state index in [1.165, 1.54) is 0 Å². The van der Waals surface area contributed by atoms with Crippen molar-refractivity contribution < 1.29 is 18.7 Å². The van der Waals surface area contributed by atoms with Gasteiger partial charge in [0.05, 0.1) is 30.7 Å². The highest BCUT2D eigenvalue weighted by Crippen LogP contribution is 2.44. The average molecular weight is 566 g/mol. The molecule has 39 heavy (non-hydrogen) atoms. The molecule has 0 bridgehead atoms. The fourth-order valence-corrected chi connectivity index (χ4v) is 5.29. The molecule has 0 saturated carbocycles. The Kier molecular flexibility index (Phi) is 7.87. The number of carbonyl (C=O) groups is 1. The summed E-state index contributed by atoms with van der Waals surface area (Å²) in [6.07, 6.45) is 4.36. The van der Waals surface area contributed by atoms with Gasteiger partial charge in [0, 0.05) is 15.7 Å². The van der Waals surface area contributed by atoms with Crippen LogP contribution >= 0.6 is 23.2 Å². The third-order valence-corrected chi connectivity index (χ3v) is 7.67. The van der Waals surface area contributed by atoms with Crippen LogP contribution < -0.4 is 19.8 Å². The quantitative estimate of drug-likeness (QED) is 0.191. The van der Waals surface area contributed by atoms with Gasteiger partial charge in [0.15, 0.2) is 16.9 Å². The van der Waals surface area contributed by atoms with Gasteiger partial charge in [0.1, 0.15) is 5.58 Å². The monoisotopic (exact) mass is 565 g/mol. The van der Waals surface area contributed by atoms with E-state index in [0.717, 1.165) is 31.2 Å². The Morgan fingerprint density at radius 3 is 2.51 bits per heavy atom. The lowest BCUT2D eigenvalue weighted by Gasteiger charge is -2.26. The van der Waals surface area contributed by atoms with E-state index in [-0.39, 0.29) is 16.8 Å². The SMILES string of the molecule is CCCCCCOc1ccc(C2c3c(oc4ccc(Cl)cc4c3=O)C(=O)N2c2ccc(C)c(Cl)c2)cc1OC. The van der Waals surface area contributed by atoms with Gasteiger partial charge in [-0.15, -0.1) is 0 Å². The zero-order chi connectivity index (χ0) is 27.7. The summed E-state index contributed by atoms with van der Waals surface area (Å²) >= 11 is 12.7. The Labute approximate surface area is 237 Å².